The molecule has 1 aliphatic carbocycles. The molecule has 0 bridgehead atoms. The Kier molecular flexibility index (Phi) is 4.52. The lowest BCUT2D eigenvalue weighted by Gasteiger charge is -2.39. The molecule has 122 valence electrons. The van der Waals surface area contributed by atoms with Crippen molar-refractivity contribution in [3.63, 3.8) is 0 Å². The Bertz CT molecular complexity index is 605. The summed E-state index contributed by atoms with van der Waals surface area (Å²) in [4.78, 5) is 6.46. The van der Waals surface area contributed by atoms with Crippen LogP contribution in [-0.4, -0.2) is 55.0 Å². The van der Waals surface area contributed by atoms with Gasteiger partial charge in [-0.15, -0.1) is 0 Å². The Morgan fingerprint density at radius 2 is 2.00 bits per heavy atom. The minimum Gasteiger partial charge on any atom is -0.299 e. The van der Waals surface area contributed by atoms with Crippen molar-refractivity contribution in [3.8, 4) is 0 Å². The van der Waals surface area contributed by atoms with Gasteiger partial charge in [-0.2, -0.15) is 0 Å². The van der Waals surface area contributed by atoms with Crippen LogP contribution >= 0.6 is 0 Å². The topological polar surface area (TPSA) is 53.5 Å². The van der Waals surface area contributed by atoms with E-state index < -0.39 is 10.0 Å². The van der Waals surface area contributed by atoms with Crippen molar-refractivity contribution in [2.24, 2.45) is 11.8 Å². The molecule has 1 saturated carbocycles. The Labute approximate surface area is 133 Å². The molecule has 0 unspecified atom stereocenters. The molecule has 0 N–H and O–H groups in total. The van der Waals surface area contributed by atoms with Gasteiger partial charge in [0.15, 0.2) is 0 Å². The van der Waals surface area contributed by atoms with Crippen LogP contribution in [0.25, 0.3) is 0 Å². The monoisotopic (exact) mass is 323 g/mol. The molecule has 1 aliphatic heterocycles. The van der Waals surface area contributed by atoms with Gasteiger partial charge in [-0.05, 0) is 49.4 Å². The Morgan fingerprint density at radius 3 is 2.68 bits per heavy atom. The number of nitrogens with zero attached hydrogens (tertiary/aromatic N) is 3. The molecule has 6 heteroatoms. The third-order valence-electron chi connectivity index (χ3n) is 5.24. The maximum absolute atomic E-state index is 11.8. The van der Waals surface area contributed by atoms with Crippen molar-refractivity contribution in [3.05, 3.63) is 30.1 Å². The van der Waals surface area contributed by atoms with Gasteiger partial charge in [0.25, 0.3) is 0 Å². The molecule has 2 fully saturated rings. The normalized spacial score (nSPS) is 29.7. The largest absolute Gasteiger partial charge is 0.299 e. The fourth-order valence-electron chi connectivity index (χ4n) is 4.11. The third-order valence-corrected chi connectivity index (χ3v) is 6.48. The van der Waals surface area contributed by atoms with E-state index in [4.69, 9.17) is 0 Å². The van der Waals surface area contributed by atoms with Crippen LogP contribution in [0, 0.1) is 11.8 Å². The molecule has 1 aromatic rings. The van der Waals surface area contributed by atoms with E-state index >= 15 is 0 Å². The Balaban J connectivity index is 1.71. The fourth-order valence-corrected chi connectivity index (χ4v) is 5.02. The van der Waals surface area contributed by atoms with Gasteiger partial charge < -0.3 is 0 Å². The number of aromatic nitrogens is 1. The van der Waals surface area contributed by atoms with E-state index in [0.29, 0.717) is 31.0 Å². The van der Waals surface area contributed by atoms with Crippen LogP contribution in [0.4, 0.5) is 0 Å². The van der Waals surface area contributed by atoms with Gasteiger partial charge in [0.05, 0.1) is 6.26 Å². The second kappa shape index (κ2) is 6.26. The molecule has 1 aromatic heterocycles. The van der Waals surface area contributed by atoms with Gasteiger partial charge >= 0.3 is 0 Å². The summed E-state index contributed by atoms with van der Waals surface area (Å²) in [6, 6.07) is 4.57. The van der Waals surface area contributed by atoms with Gasteiger partial charge in [-0.3, -0.25) is 9.88 Å². The van der Waals surface area contributed by atoms with Crippen LogP contribution in [0.5, 0.6) is 0 Å². The van der Waals surface area contributed by atoms with E-state index in [-0.39, 0.29) is 0 Å². The minimum absolute atomic E-state index is 0.468. The molecular formula is C16H25N3O2S. The number of hydrogen-bond donors (Lipinski definition) is 0. The van der Waals surface area contributed by atoms with Gasteiger partial charge in [0, 0.05) is 38.1 Å². The second-order valence-corrected chi connectivity index (χ2v) is 8.76. The van der Waals surface area contributed by atoms with E-state index in [1.807, 2.05) is 24.5 Å². The first kappa shape index (κ1) is 15.9. The lowest BCUT2D eigenvalue weighted by Crippen LogP contribution is -2.43. The predicted molar refractivity (Wildman–Crippen MR) is 86.7 cm³/mol. The molecule has 5 nitrogen and oxygen atoms in total. The van der Waals surface area contributed by atoms with Gasteiger partial charge in [-0.1, -0.05) is 6.42 Å². The molecule has 2 aliphatic rings. The van der Waals surface area contributed by atoms with E-state index in [2.05, 4.69) is 16.9 Å². The van der Waals surface area contributed by atoms with E-state index in [0.717, 1.165) is 13.0 Å². The first-order valence-corrected chi connectivity index (χ1v) is 9.84. The van der Waals surface area contributed by atoms with Crippen molar-refractivity contribution >= 4 is 10.0 Å². The van der Waals surface area contributed by atoms with Crippen LogP contribution in [0.1, 0.15) is 24.8 Å². The van der Waals surface area contributed by atoms with Gasteiger partial charge in [-0.25, -0.2) is 12.7 Å². The maximum Gasteiger partial charge on any atom is 0.211 e. The van der Waals surface area contributed by atoms with Crippen molar-refractivity contribution in [2.75, 3.05) is 26.4 Å². The molecule has 0 aromatic carbocycles. The molecule has 3 atom stereocenters. The van der Waals surface area contributed by atoms with Crippen molar-refractivity contribution in [2.45, 2.75) is 31.8 Å². The summed E-state index contributed by atoms with van der Waals surface area (Å²) in [5.74, 6) is 0.990. The van der Waals surface area contributed by atoms with E-state index in [9.17, 15) is 8.42 Å². The van der Waals surface area contributed by atoms with Gasteiger partial charge in [0.1, 0.15) is 0 Å². The average Bonchev–Trinajstić information content (AvgIpc) is 2.92. The highest BCUT2D eigenvalue weighted by atomic mass is 32.2. The fraction of sp³-hybridized carbons (Fsp3) is 0.688. The molecule has 1 saturated heterocycles. The summed E-state index contributed by atoms with van der Waals surface area (Å²) in [5, 5.41) is 0. The van der Waals surface area contributed by atoms with Crippen LogP contribution in [0.2, 0.25) is 0 Å². The molecular weight excluding hydrogens is 298 g/mol. The summed E-state index contributed by atoms with van der Waals surface area (Å²) in [6.07, 6.45) is 8.52. The van der Waals surface area contributed by atoms with E-state index in [1.54, 1.807) is 4.31 Å². The zero-order valence-electron chi connectivity index (χ0n) is 13.4. The van der Waals surface area contributed by atoms with Gasteiger partial charge in [0.2, 0.25) is 10.0 Å². The van der Waals surface area contributed by atoms with Crippen molar-refractivity contribution in [1.29, 1.82) is 0 Å². The van der Waals surface area contributed by atoms with Crippen molar-refractivity contribution in [1.82, 2.24) is 14.2 Å². The average molecular weight is 323 g/mol. The zero-order valence-corrected chi connectivity index (χ0v) is 14.2. The highest BCUT2D eigenvalue weighted by Crippen LogP contribution is 2.39. The minimum atomic E-state index is -3.06. The molecule has 22 heavy (non-hydrogen) atoms. The lowest BCUT2D eigenvalue weighted by molar-refractivity contribution is 0.106. The van der Waals surface area contributed by atoms with Crippen LogP contribution in [0.15, 0.2) is 24.5 Å². The zero-order chi connectivity index (χ0) is 15.7. The Morgan fingerprint density at radius 1 is 1.27 bits per heavy atom. The summed E-state index contributed by atoms with van der Waals surface area (Å²) in [7, 11) is -0.899. The molecule has 3 rings (SSSR count). The quantitative estimate of drug-likeness (QED) is 0.844. The first-order valence-electron chi connectivity index (χ1n) is 7.99. The smallest absolute Gasteiger partial charge is 0.211 e. The summed E-state index contributed by atoms with van der Waals surface area (Å²) < 4.78 is 25.4. The SMILES string of the molecule is CN(Cc1ccncc1)[C@H]1CCC[C@@H]2CN(S(C)(=O)=O)C[C@@H]21. The number of pyridine rings is 1. The summed E-state index contributed by atoms with van der Waals surface area (Å²) >= 11 is 0. The molecule has 0 spiro atoms. The summed E-state index contributed by atoms with van der Waals surface area (Å²) in [5.41, 5.74) is 1.26. The molecule has 2 heterocycles. The molecule has 0 radical (unpaired) electrons. The third kappa shape index (κ3) is 3.34. The summed E-state index contributed by atoms with van der Waals surface area (Å²) in [6.45, 7) is 2.30. The standard InChI is InChI=1S/C16H25N3O2S/c1-18(10-13-6-8-17-9-7-13)16-5-3-4-14-11-19(12-15(14)16)22(2,20)21/h6-9,14-16H,3-5,10-12H2,1-2H3/t14-,15+,16+/m1/s1. The number of fused-ring (bicyclic) bond motifs is 1. The highest BCUT2D eigenvalue weighted by molar-refractivity contribution is 7.88. The second-order valence-electron chi connectivity index (χ2n) is 6.77. The first-order chi connectivity index (χ1) is 10.4. The van der Waals surface area contributed by atoms with Crippen LogP contribution in [-0.2, 0) is 16.6 Å². The number of sulfonamides is 1. The Hall–Kier alpha value is -0.980. The number of rotatable bonds is 4. The van der Waals surface area contributed by atoms with Crippen LogP contribution < -0.4 is 0 Å². The molecule has 0 amide bonds. The number of hydrogen-bond acceptors (Lipinski definition) is 4. The van der Waals surface area contributed by atoms with Crippen molar-refractivity contribution < 1.29 is 8.42 Å². The predicted octanol–water partition coefficient (Wildman–Crippen LogP) is 1.57. The lowest BCUT2D eigenvalue weighted by atomic mass is 9.77. The highest BCUT2D eigenvalue weighted by Gasteiger charge is 2.43. The van der Waals surface area contributed by atoms with E-state index in [1.165, 1.54) is 24.7 Å². The van der Waals surface area contributed by atoms with Crippen LogP contribution in [0.3, 0.4) is 0 Å². The maximum atomic E-state index is 11.8.